The van der Waals surface area contributed by atoms with E-state index in [2.05, 4.69) is 39.8 Å². The summed E-state index contributed by atoms with van der Waals surface area (Å²) in [4.78, 5) is 0. The fourth-order valence-corrected chi connectivity index (χ4v) is 4.02. The zero-order chi connectivity index (χ0) is 14.3. The van der Waals surface area contributed by atoms with E-state index in [0.717, 1.165) is 18.0 Å². The molecule has 2 atom stereocenters. The minimum Gasteiger partial charge on any atom is -0.399 e. The van der Waals surface area contributed by atoms with Crippen molar-refractivity contribution in [3.63, 3.8) is 0 Å². The predicted molar refractivity (Wildman–Crippen MR) is 82.5 cm³/mol. The maximum atomic E-state index is 6.50. The Balaban J connectivity index is 2.45. The van der Waals surface area contributed by atoms with Gasteiger partial charge < -0.3 is 11.5 Å². The third-order valence-electron chi connectivity index (χ3n) is 5.24. The molecule has 0 saturated heterocycles. The molecule has 2 rings (SSSR count). The van der Waals surface area contributed by atoms with Crippen molar-refractivity contribution in [2.75, 3.05) is 0 Å². The van der Waals surface area contributed by atoms with E-state index in [0.29, 0.717) is 0 Å². The van der Waals surface area contributed by atoms with Gasteiger partial charge in [0.15, 0.2) is 0 Å². The Kier molecular flexibility index (Phi) is 3.83. The van der Waals surface area contributed by atoms with Gasteiger partial charge in [-0.25, -0.2) is 0 Å². The van der Waals surface area contributed by atoms with Crippen molar-refractivity contribution in [1.29, 1.82) is 0 Å². The van der Waals surface area contributed by atoms with Gasteiger partial charge in [0.2, 0.25) is 0 Å². The Morgan fingerprint density at radius 2 is 1.84 bits per heavy atom. The first kappa shape index (κ1) is 14.6. The molecule has 0 aromatic heterocycles. The summed E-state index contributed by atoms with van der Waals surface area (Å²) >= 11 is 0. The smallest absolute Gasteiger partial charge is 0.0342 e. The van der Waals surface area contributed by atoms with Crippen LogP contribution in [-0.2, 0) is 0 Å². The van der Waals surface area contributed by atoms with Gasteiger partial charge >= 0.3 is 0 Å². The molecule has 4 N–H and O–H groups in total. The number of allylic oxidation sites excluding steroid dienone is 1. The molecule has 2 unspecified atom stereocenters. The molecule has 19 heavy (non-hydrogen) atoms. The largest absolute Gasteiger partial charge is 0.399 e. The van der Waals surface area contributed by atoms with Crippen molar-refractivity contribution < 1.29 is 0 Å². The first-order chi connectivity index (χ1) is 8.81. The van der Waals surface area contributed by atoms with E-state index >= 15 is 0 Å². The highest BCUT2D eigenvalue weighted by molar-refractivity contribution is 5.41. The molecule has 0 aromatic carbocycles. The maximum Gasteiger partial charge on any atom is 0.0342 e. The number of rotatable bonds is 2. The zero-order valence-corrected chi connectivity index (χ0v) is 13.0. The van der Waals surface area contributed by atoms with Crippen molar-refractivity contribution in [2.24, 2.45) is 28.2 Å². The van der Waals surface area contributed by atoms with Crippen molar-refractivity contribution in [3.8, 4) is 0 Å². The van der Waals surface area contributed by atoms with Crippen LogP contribution in [0.2, 0.25) is 0 Å². The Labute approximate surface area is 118 Å². The van der Waals surface area contributed by atoms with Gasteiger partial charge in [0.05, 0.1) is 0 Å². The highest BCUT2D eigenvalue weighted by Crippen LogP contribution is 2.50. The van der Waals surface area contributed by atoms with Crippen LogP contribution in [-0.4, -0.2) is 6.04 Å². The lowest BCUT2D eigenvalue weighted by molar-refractivity contribution is 0.190. The van der Waals surface area contributed by atoms with Crippen LogP contribution in [0.5, 0.6) is 0 Å². The topological polar surface area (TPSA) is 52.0 Å². The van der Waals surface area contributed by atoms with Crippen molar-refractivity contribution in [2.45, 2.75) is 65.8 Å². The molecule has 108 valence electrons. The lowest BCUT2D eigenvalue weighted by Gasteiger charge is -2.45. The minimum absolute atomic E-state index is 0.0756. The monoisotopic (exact) mass is 262 g/mol. The van der Waals surface area contributed by atoms with E-state index in [1.165, 1.54) is 31.3 Å². The van der Waals surface area contributed by atoms with Crippen LogP contribution in [0.25, 0.3) is 0 Å². The van der Waals surface area contributed by atoms with E-state index in [4.69, 9.17) is 11.5 Å². The third kappa shape index (κ3) is 2.47. The normalized spacial score (nSPS) is 33.2. The molecule has 2 aliphatic carbocycles. The molecule has 2 nitrogen and oxygen atoms in total. The summed E-state index contributed by atoms with van der Waals surface area (Å²) in [6.45, 7) is 9.01. The van der Waals surface area contributed by atoms with Gasteiger partial charge in [-0.1, -0.05) is 46.6 Å². The van der Waals surface area contributed by atoms with Gasteiger partial charge in [-0.3, -0.25) is 0 Å². The van der Waals surface area contributed by atoms with Gasteiger partial charge in [-0.2, -0.15) is 0 Å². The zero-order valence-electron chi connectivity index (χ0n) is 13.0. The summed E-state index contributed by atoms with van der Waals surface area (Å²) in [5.74, 6) is 0.731. The standard InChI is InChI=1S/C17H30N2/c1-5-17(12-8-6-7-9-12)11-13(16(2,3)4)14(18)10-15(17)19/h10-12,15H,5-9,18-19H2,1-4H3. The van der Waals surface area contributed by atoms with Crippen molar-refractivity contribution >= 4 is 0 Å². The van der Waals surface area contributed by atoms with Gasteiger partial charge in [-0.05, 0) is 42.2 Å². The molecule has 1 fully saturated rings. The van der Waals surface area contributed by atoms with E-state index in [-0.39, 0.29) is 16.9 Å². The molecular formula is C17H30N2. The molecule has 1 saturated carbocycles. The fourth-order valence-electron chi connectivity index (χ4n) is 4.02. The number of nitrogens with two attached hydrogens (primary N) is 2. The highest BCUT2D eigenvalue weighted by Gasteiger charge is 2.44. The van der Waals surface area contributed by atoms with Crippen LogP contribution >= 0.6 is 0 Å². The van der Waals surface area contributed by atoms with E-state index in [9.17, 15) is 0 Å². The summed E-state index contributed by atoms with van der Waals surface area (Å²) < 4.78 is 0. The Hall–Kier alpha value is -0.760. The Morgan fingerprint density at radius 3 is 2.32 bits per heavy atom. The van der Waals surface area contributed by atoms with Crippen LogP contribution in [0.4, 0.5) is 0 Å². The Bertz CT molecular complexity index is 394. The molecule has 0 amide bonds. The number of hydrogen-bond acceptors (Lipinski definition) is 2. The number of hydrogen-bond donors (Lipinski definition) is 2. The summed E-state index contributed by atoms with van der Waals surface area (Å²) in [5, 5.41) is 0. The van der Waals surface area contributed by atoms with E-state index in [1.807, 2.05) is 0 Å². The molecule has 2 heteroatoms. The van der Waals surface area contributed by atoms with Crippen LogP contribution in [0.3, 0.4) is 0 Å². The molecule has 0 radical (unpaired) electrons. The first-order valence-corrected chi connectivity index (χ1v) is 7.78. The van der Waals surface area contributed by atoms with E-state index < -0.39 is 0 Å². The summed E-state index contributed by atoms with van der Waals surface area (Å²) in [6.07, 6.45) is 11.0. The predicted octanol–water partition coefficient (Wildman–Crippen LogP) is 3.73. The molecule has 0 aromatic rings. The molecule has 0 heterocycles. The fraction of sp³-hybridized carbons (Fsp3) is 0.765. The lowest BCUT2D eigenvalue weighted by atomic mass is 9.62. The average Bonchev–Trinajstić information content (AvgIpc) is 2.82. The minimum atomic E-state index is 0.0756. The molecule has 0 bridgehead atoms. The molecular weight excluding hydrogens is 232 g/mol. The van der Waals surface area contributed by atoms with E-state index in [1.54, 1.807) is 0 Å². The van der Waals surface area contributed by atoms with Gasteiger partial charge in [-0.15, -0.1) is 0 Å². The second kappa shape index (κ2) is 4.97. The second-order valence-corrected chi connectivity index (χ2v) is 7.40. The molecule has 0 aliphatic heterocycles. The second-order valence-electron chi connectivity index (χ2n) is 7.40. The summed E-state index contributed by atoms with van der Waals surface area (Å²) in [6, 6.07) is 0.0756. The van der Waals surface area contributed by atoms with Crippen molar-refractivity contribution in [1.82, 2.24) is 0 Å². The quantitative estimate of drug-likeness (QED) is 0.796. The van der Waals surface area contributed by atoms with Gasteiger partial charge in [0, 0.05) is 17.2 Å². The molecule has 2 aliphatic rings. The third-order valence-corrected chi connectivity index (χ3v) is 5.24. The van der Waals surface area contributed by atoms with Gasteiger partial charge in [0.25, 0.3) is 0 Å². The average molecular weight is 262 g/mol. The molecule has 0 spiro atoms. The summed E-state index contributed by atoms with van der Waals surface area (Å²) in [5.41, 5.74) is 15.2. The van der Waals surface area contributed by atoms with Crippen LogP contribution in [0, 0.1) is 16.7 Å². The van der Waals surface area contributed by atoms with Gasteiger partial charge in [0.1, 0.15) is 0 Å². The SMILES string of the molecule is CCC1(C2CCCC2)C=C(C(C)(C)C)C(N)=CC1N. The Morgan fingerprint density at radius 1 is 1.26 bits per heavy atom. The summed E-state index contributed by atoms with van der Waals surface area (Å²) in [7, 11) is 0. The van der Waals surface area contributed by atoms with Crippen LogP contribution < -0.4 is 11.5 Å². The lowest BCUT2D eigenvalue weighted by Crippen LogP contribution is -2.47. The van der Waals surface area contributed by atoms with Crippen LogP contribution in [0.15, 0.2) is 23.4 Å². The van der Waals surface area contributed by atoms with Crippen molar-refractivity contribution in [3.05, 3.63) is 23.4 Å². The highest BCUT2D eigenvalue weighted by atomic mass is 14.7. The maximum absolute atomic E-state index is 6.50. The van der Waals surface area contributed by atoms with Crippen LogP contribution in [0.1, 0.15) is 59.8 Å². The first-order valence-electron chi connectivity index (χ1n) is 7.78.